The Balaban J connectivity index is 0. The molecule has 1 N–H and O–H groups in total. The molecule has 0 saturated heterocycles. The molecule has 0 aromatic heterocycles. The van der Waals surface area contributed by atoms with Crippen LogP contribution in [-0.4, -0.2) is 34.7 Å². The molecule has 14 heavy (non-hydrogen) atoms. The van der Waals surface area contributed by atoms with Gasteiger partial charge in [0, 0.05) is 20.6 Å². The van der Waals surface area contributed by atoms with E-state index in [-0.39, 0.29) is 6.42 Å². The van der Waals surface area contributed by atoms with Crippen molar-refractivity contribution in [2.24, 2.45) is 0 Å². The van der Waals surface area contributed by atoms with Crippen molar-refractivity contribution in [2.45, 2.75) is 32.4 Å². The first-order chi connectivity index (χ1) is 6.37. The summed E-state index contributed by atoms with van der Waals surface area (Å²) in [6, 6.07) is 0. The summed E-state index contributed by atoms with van der Waals surface area (Å²) in [5.41, 5.74) is 0. The fourth-order valence-electron chi connectivity index (χ4n) is 0.473. The van der Waals surface area contributed by atoms with E-state index < -0.39 is 22.1 Å². The van der Waals surface area contributed by atoms with Crippen LogP contribution in [0.25, 0.3) is 0 Å². The van der Waals surface area contributed by atoms with Gasteiger partial charge in [-0.05, 0) is 6.42 Å². The number of rotatable bonds is 4. The molecule has 0 saturated carbocycles. The van der Waals surface area contributed by atoms with Crippen molar-refractivity contribution < 1.29 is 26.8 Å². The van der Waals surface area contributed by atoms with Crippen molar-refractivity contribution in [2.75, 3.05) is 14.2 Å². The van der Waals surface area contributed by atoms with Gasteiger partial charge >= 0.3 is 15.7 Å². The zero-order chi connectivity index (χ0) is 11.6. The summed E-state index contributed by atoms with van der Waals surface area (Å²) >= 11 is 0. The summed E-state index contributed by atoms with van der Waals surface area (Å²) < 4.78 is 42.5. The number of unbranched alkanes of at least 4 members (excludes halogenated alkanes) is 1. The van der Waals surface area contributed by atoms with E-state index in [1.165, 1.54) is 14.2 Å². The molecule has 0 aliphatic heterocycles. The Labute approximate surface area is 83.8 Å². The molecule has 0 rings (SSSR count). The summed E-state index contributed by atoms with van der Waals surface area (Å²) in [6.07, 6.45) is -3.72. The molecule has 7 heteroatoms. The fraction of sp³-hybridized carbons (Fsp3) is 1.00. The second-order valence-electron chi connectivity index (χ2n) is 2.50. The Morgan fingerprint density at radius 2 is 1.64 bits per heavy atom. The van der Waals surface area contributed by atoms with Crippen LogP contribution in [0.3, 0.4) is 0 Å². The predicted molar refractivity (Wildman–Crippen MR) is 49.0 cm³/mol. The third kappa shape index (κ3) is 17.8. The van der Waals surface area contributed by atoms with E-state index >= 15 is 0 Å². The molecule has 0 aromatic carbocycles. The van der Waals surface area contributed by atoms with E-state index in [2.05, 4.69) is 8.85 Å². The van der Waals surface area contributed by atoms with Gasteiger partial charge in [0.15, 0.2) is 0 Å². The van der Waals surface area contributed by atoms with Crippen molar-refractivity contribution in [3.63, 3.8) is 0 Å². The quantitative estimate of drug-likeness (QED) is 0.753. The van der Waals surface area contributed by atoms with E-state index in [9.17, 15) is 13.2 Å². The summed E-state index contributed by atoms with van der Waals surface area (Å²) in [6.45, 7) is 1.74. The van der Waals surface area contributed by atoms with Crippen molar-refractivity contribution in [1.82, 2.24) is 0 Å². The third-order valence-corrected chi connectivity index (χ3v) is 2.02. The molecular formula is C7H17F3O3Si. The summed E-state index contributed by atoms with van der Waals surface area (Å²) in [7, 11) is 0.674. The molecule has 0 spiro atoms. The average molecular weight is 234 g/mol. The number of hydrogen-bond donors (Lipinski definition) is 1. The van der Waals surface area contributed by atoms with Crippen LogP contribution in [0.1, 0.15) is 26.2 Å². The highest BCUT2D eigenvalue weighted by atomic mass is 28.3. The second-order valence-corrected chi connectivity index (χ2v) is 4.05. The molecule has 3 nitrogen and oxygen atoms in total. The van der Waals surface area contributed by atoms with Gasteiger partial charge in [0.25, 0.3) is 0 Å². The molecule has 88 valence electrons. The van der Waals surface area contributed by atoms with Crippen LogP contribution in [0.2, 0.25) is 0 Å². The SMILES string of the molecule is CCCCC(F)(F)F.CO[SiH](O)OC. The highest BCUT2D eigenvalue weighted by Gasteiger charge is 2.25. The van der Waals surface area contributed by atoms with Gasteiger partial charge in [0.2, 0.25) is 0 Å². The lowest BCUT2D eigenvalue weighted by Gasteiger charge is -2.02. The van der Waals surface area contributed by atoms with E-state index in [1.54, 1.807) is 6.92 Å². The lowest BCUT2D eigenvalue weighted by molar-refractivity contribution is -0.135. The van der Waals surface area contributed by atoms with Crippen LogP contribution in [0, 0.1) is 0 Å². The molecule has 0 radical (unpaired) electrons. The van der Waals surface area contributed by atoms with Gasteiger partial charge in [0.1, 0.15) is 0 Å². The third-order valence-electron chi connectivity index (χ3n) is 1.22. The molecule has 0 heterocycles. The Kier molecular flexibility index (Phi) is 11.0. The Morgan fingerprint density at radius 1 is 1.21 bits per heavy atom. The second kappa shape index (κ2) is 9.44. The smallest absolute Gasteiger partial charge is 0.392 e. The molecule has 0 aromatic rings. The zero-order valence-corrected chi connectivity index (χ0v) is 9.75. The van der Waals surface area contributed by atoms with Crippen LogP contribution >= 0.6 is 0 Å². The van der Waals surface area contributed by atoms with Crippen LogP contribution in [0.15, 0.2) is 0 Å². The minimum atomic E-state index is -3.95. The lowest BCUT2D eigenvalue weighted by atomic mass is 10.2. The minimum Gasteiger partial charge on any atom is -0.392 e. The van der Waals surface area contributed by atoms with Gasteiger partial charge in [-0.1, -0.05) is 13.3 Å². The monoisotopic (exact) mass is 234 g/mol. The predicted octanol–water partition coefficient (Wildman–Crippen LogP) is 1.73. The maximum atomic E-state index is 11.2. The van der Waals surface area contributed by atoms with Gasteiger partial charge < -0.3 is 13.6 Å². The van der Waals surface area contributed by atoms with E-state index in [0.717, 1.165) is 0 Å². The van der Waals surface area contributed by atoms with Crippen molar-refractivity contribution in [1.29, 1.82) is 0 Å². The molecule has 0 bridgehead atoms. The first-order valence-electron chi connectivity index (χ1n) is 4.17. The van der Waals surface area contributed by atoms with Crippen molar-refractivity contribution >= 4 is 9.53 Å². The van der Waals surface area contributed by atoms with Gasteiger partial charge in [-0.2, -0.15) is 13.2 Å². The van der Waals surface area contributed by atoms with Gasteiger partial charge in [0.05, 0.1) is 0 Å². The molecule has 0 atom stereocenters. The normalized spacial score (nSPS) is 11.1. The van der Waals surface area contributed by atoms with Crippen LogP contribution in [0.4, 0.5) is 13.2 Å². The standard InChI is InChI=1S/C5H9F3.C2H8O3Si/c1-2-3-4-5(6,7)8;1-4-6(3)5-2/h2-4H2,1H3;3,6H,1-2H3. The number of hydrogen-bond acceptors (Lipinski definition) is 3. The van der Waals surface area contributed by atoms with E-state index in [1.807, 2.05) is 0 Å². The molecule has 0 unspecified atom stereocenters. The topological polar surface area (TPSA) is 38.7 Å². The first kappa shape index (κ1) is 16.3. The van der Waals surface area contributed by atoms with E-state index in [4.69, 9.17) is 4.80 Å². The molecule has 0 aliphatic rings. The Bertz CT molecular complexity index is 117. The highest BCUT2D eigenvalue weighted by Crippen LogP contribution is 2.21. The summed E-state index contributed by atoms with van der Waals surface area (Å²) in [5, 5.41) is 0. The summed E-state index contributed by atoms with van der Waals surface area (Å²) in [5.74, 6) is 0. The van der Waals surface area contributed by atoms with Crippen molar-refractivity contribution in [3.05, 3.63) is 0 Å². The first-order valence-corrected chi connectivity index (χ1v) is 5.63. The van der Waals surface area contributed by atoms with Gasteiger partial charge in [-0.25, -0.2) is 0 Å². The van der Waals surface area contributed by atoms with Crippen molar-refractivity contribution in [3.8, 4) is 0 Å². The largest absolute Gasteiger partial charge is 0.480 e. The fourth-order valence-corrected chi connectivity index (χ4v) is 0.666. The van der Waals surface area contributed by atoms with Gasteiger partial charge in [-0.15, -0.1) is 0 Å². The summed E-state index contributed by atoms with van der Waals surface area (Å²) in [4.78, 5) is 8.36. The average Bonchev–Trinajstić information content (AvgIpc) is 2.13. The molecular weight excluding hydrogens is 217 g/mol. The van der Waals surface area contributed by atoms with Crippen LogP contribution in [-0.2, 0) is 8.85 Å². The lowest BCUT2D eigenvalue weighted by Crippen LogP contribution is -2.17. The van der Waals surface area contributed by atoms with Crippen LogP contribution < -0.4 is 0 Å². The molecule has 0 fully saturated rings. The zero-order valence-electron chi connectivity index (χ0n) is 8.60. The number of alkyl halides is 3. The maximum absolute atomic E-state index is 11.2. The van der Waals surface area contributed by atoms with Gasteiger partial charge in [-0.3, -0.25) is 0 Å². The van der Waals surface area contributed by atoms with E-state index in [0.29, 0.717) is 6.42 Å². The Morgan fingerprint density at radius 3 is 1.71 bits per heavy atom. The number of halogens is 3. The highest BCUT2D eigenvalue weighted by molar-refractivity contribution is 6.34. The van der Waals surface area contributed by atoms with Crippen LogP contribution in [0.5, 0.6) is 0 Å². The Hall–Kier alpha value is -0.113. The maximum Gasteiger partial charge on any atom is 0.480 e. The molecule has 0 amide bonds. The molecule has 0 aliphatic carbocycles. The minimum absolute atomic E-state index is 0.253.